The molecule has 1 heterocycles. The van der Waals surface area contributed by atoms with E-state index < -0.39 is 48.3 Å². The van der Waals surface area contributed by atoms with Gasteiger partial charge in [-0.3, -0.25) is 14.4 Å². The molecular weight excluding hydrogens is 590 g/mol. The molecule has 3 N–H and O–H groups in total. The van der Waals surface area contributed by atoms with E-state index in [4.69, 9.17) is 9.47 Å². The molecule has 12 nitrogen and oxygen atoms in total. The van der Waals surface area contributed by atoms with Gasteiger partial charge in [0, 0.05) is 34.2 Å². The SMILES string of the molecule is CC[C@H](C)[C@@H]([C@@H](CC(=O)N1CCCC1[C@H](OC)[C@@H](C)C(=O)N[C@H](C#N)Cc1ccccc1)OC)N(C)C(=O)C(NC(=O)O)C(C)C. The van der Waals surface area contributed by atoms with Gasteiger partial charge < -0.3 is 35.0 Å². The third-order valence-corrected chi connectivity index (χ3v) is 9.23. The van der Waals surface area contributed by atoms with Gasteiger partial charge in [0.05, 0.1) is 42.7 Å². The van der Waals surface area contributed by atoms with Crippen molar-refractivity contribution >= 4 is 23.8 Å². The molecule has 46 heavy (non-hydrogen) atoms. The number of methoxy groups -OCH3 is 2. The summed E-state index contributed by atoms with van der Waals surface area (Å²) in [4.78, 5) is 55.5. The van der Waals surface area contributed by atoms with E-state index in [0.717, 1.165) is 12.0 Å². The zero-order valence-electron chi connectivity index (χ0n) is 28.6. The number of rotatable bonds is 17. The van der Waals surface area contributed by atoms with Crippen molar-refractivity contribution in [3.63, 3.8) is 0 Å². The predicted octanol–water partition coefficient (Wildman–Crippen LogP) is 3.45. The highest BCUT2D eigenvalue weighted by molar-refractivity contribution is 5.86. The topological polar surface area (TPSA) is 161 Å². The lowest BCUT2D eigenvalue weighted by Crippen LogP contribution is -2.57. The number of likely N-dealkylation sites (tertiary alicyclic amines) is 1. The lowest BCUT2D eigenvalue weighted by molar-refractivity contribution is -0.147. The van der Waals surface area contributed by atoms with E-state index in [1.807, 2.05) is 44.2 Å². The monoisotopic (exact) mass is 643 g/mol. The van der Waals surface area contributed by atoms with Crippen LogP contribution in [0.4, 0.5) is 4.79 Å². The van der Waals surface area contributed by atoms with Gasteiger partial charge >= 0.3 is 6.09 Å². The van der Waals surface area contributed by atoms with Crippen LogP contribution in [0.3, 0.4) is 0 Å². The lowest BCUT2D eigenvalue weighted by Gasteiger charge is -2.40. The van der Waals surface area contributed by atoms with Crippen LogP contribution in [0, 0.1) is 29.1 Å². The van der Waals surface area contributed by atoms with Gasteiger partial charge in [-0.15, -0.1) is 0 Å². The molecule has 0 spiro atoms. The number of nitriles is 1. The van der Waals surface area contributed by atoms with Gasteiger partial charge in [-0.1, -0.05) is 71.4 Å². The highest BCUT2D eigenvalue weighted by Gasteiger charge is 2.43. The zero-order chi connectivity index (χ0) is 34.6. The fourth-order valence-corrected chi connectivity index (χ4v) is 6.45. The summed E-state index contributed by atoms with van der Waals surface area (Å²) in [6.07, 6.45) is -0.0986. The summed E-state index contributed by atoms with van der Waals surface area (Å²) >= 11 is 0. The van der Waals surface area contributed by atoms with Gasteiger partial charge in [0.15, 0.2) is 0 Å². The maximum absolute atomic E-state index is 13.9. The Morgan fingerprint density at radius 1 is 1.09 bits per heavy atom. The summed E-state index contributed by atoms with van der Waals surface area (Å²) in [5.41, 5.74) is 0.937. The Morgan fingerprint density at radius 3 is 2.26 bits per heavy atom. The number of nitrogens with zero attached hydrogens (tertiary/aromatic N) is 3. The number of ether oxygens (including phenoxy) is 2. The minimum absolute atomic E-state index is 0.0110. The van der Waals surface area contributed by atoms with Crippen LogP contribution in [0.25, 0.3) is 0 Å². The maximum Gasteiger partial charge on any atom is 0.405 e. The Kier molecular flexibility index (Phi) is 15.4. The zero-order valence-corrected chi connectivity index (χ0v) is 28.6. The maximum atomic E-state index is 13.9. The summed E-state index contributed by atoms with van der Waals surface area (Å²) < 4.78 is 11.7. The summed E-state index contributed by atoms with van der Waals surface area (Å²) in [6, 6.07) is 9.11. The van der Waals surface area contributed by atoms with Crippen LogP contribution in [0.15, 0.2) is 30.3 Å². The number of carbonyl (C=O) groups is 4. The molecule has 0 bridgehead atoms. The van der Waals surface area contributed by atoms with Gasteiger partial charge in [-0.2, -0.15) is 5.26 Å². The van der Waals surface area contributed by atoms with Crippen molar-refractivity contribution in [3.8, 4) is 6.07 Å². The van der Waals surface area contributed by atoms with Crippen LogP contribution in [0.5, 0.6) is 0 Å². The van der Waals surface area contributed by atoms with E-state index in [9.17, 15) is 29.5 Å². The summed E-state index contributed by atoms with van der Waals surface area (Å²) in [5.74, 6) is -1.88. The van der Waals surface area contributed by atoms with Crippen molar-refractivity contribution in [1.82, 2.24) is 20.4 Å². The summed E-state index contributed by atoms with van der Waals surface area (Å²) in [7, 11) is 4.66. The van der Waals surface area contributed by atoms with Gasteiger partial charge in [-0.05, 0) is 30.2 Å². The number of hydrogen-bond donors (Lipinski definition) is 3. The molecule has 1 aromatic rings. The molecule has 2 unspecified atom stereocenters. The Hall–Kier alpha value is -3.69. The third-order valence-electron chi connectivity index (χ3n) is 9.23. The minimum Gasteiger partial charge on any atom is -0.465 e. The van der Waals surface area contributed by atoms with E-state index in [2.05, 4.69) is 16.7 Å². The summed E-state index contributed by atoms with van der Waals surface area (Å²) in [5, 5.41) is 24.2. The molecule has 1 aliphatic heterocycles. The molecule has 2 rings (SSSR count). The summed E-state index contributed by atoms with van der Waals surface area (Å²) in [6.45, 7) is 9.74. The Morgan fingerprint density at radius 2 is 1.74 bits per heavy atom. The van der Waals surface area contributed by atoms with Crippen molar-refractivity contribution in [2.75, 3.05) is 27.8 Å². The number of likely N-dealkylation sites (N-methyl/N-ethyl adjacent to an activating group) is 1. The van der Waals surface area contributed by atoms with Crippen LogP contribution in [-0.4, -0.2) is 103 Å². The molecule has 1 fully saturated rings. The van der Waals surface area contributed by atoms with Gasteiger partial charge in [-0.25, -0.2) is 4.79 Å². The first-order valence-electron chi connectivity index (χ1n) is 16.2. The second kappa shape index (κ2) is 18.5. The average Bonchev–Trinajstić information content (AvgIpc) is 3.52. The smallest absolute Gasteiger partial charge is 0.405 e. The fourth-order valence-electron chi connectivity index (χ4n) is 6.45. The first-order chi connectivity index (χ1) is 21.8. The highest BCUT2D eigenvalue weighted by Crippen LogP contribution is 2.29. The van der Waals surface area contributed by atoms with E-state index in [0.29, 0.717) is 25.8 Å². The van der Waals surface area contributed by atoms with Crippen LogP contribution in [0.2, 0.25) is 0 Å². The Balaban J connectivity index is 2.21. The van der Waals surface area contributed by atoms with E-state index in [1.54, 1.807) is 32.7 Å². The van der Waals surface area contributed by atoms with Gasteiger partial charge in [0.25, 0.3) is 0 Å². The van der Waals surface area contributed by atoms with Crippen LogP contribution >= 0.6 is 0 Å². The Bertz CT molecular complexity index is 1190. The Labute approximate surface area is 273 Å². The van der Waals surface area contributed by atoms with E-state index in [1.165, 1.54) is 19.1 Å². The quantitative estimate of drug-likeness (QED) is 0.233. The lowest BCUT2D eigenvalue weighted by atomic mass is 9.89. The molecule has 1 aliphatic rings. The number of carbonyl (C=O) groups excluding carboxylic acids is 3. The van der Waals surface area contributed by atoms with Crippen molar-refractivity contribution < 1.29 is 33.8 Å². The van der Waals surface area contributed by atoms with Gasteiger partial charge in [0.2, 0.25) is 17.7 Å². The van der Waals surface area contributed by atoms with Crippen molar-refractivity contribution in [2.24, 2.45) is 17.8 Å². The van der Waals surface area contributed by atoms with Crippen LogP contribution in [-0.2, 0) is 30.3 Å². The van der Waals surface area contributed by atoms with Crippen molar-refractivity contribution in [2.45, 2.75) is 103 Å². The molecule has 0 radical (unpaired) electrons. The van der Waals surface area contributed by atoms with Crippen molar-refractivity contribution in [3.05, 3.63) is 35.9 Å². The number of benzene rings is 1. The minimum atomic E-state index is -1.28. The molecule has 8 atom stereocenters. The van der Waals surface area contributed by atoms with E-state index in [-0.39, 0.29) is 36.1 Å². The van der Waals surface area contributed by atoms with Crippen LogP contribution in [0.1, 0.15) is 65.9 Å². The van der Waals surface area contributed by atoms with Gasteiger partial charge in [0.1, 0.15) is 12.1 Å². The third kappa shape index (κ3) is 10.2. The molecule has 12 heteroatoms. The number of amides is 4. The number of carboxylic acid groups (broad SMARTS) is 1. The number of hydrogen-bond acceptors (Lipinski definition) is 7. The van der Waals surface area contributed by atoms with Crippen molar-refractivity contribution in [1.29, 1.82) is 5.26 Å². The molecule has 0 saturated carbocycles. The normalized spacial score (nSPS) is 19.2. The molecule has 1 aromatic carbocycles. The average molecular weight is 644 g/mol. The largest absolute Gasteiger partial charge is 0.465 e. The molecular formula is C34H53N5O7. The standard InChI is InChI=1S/C34H53N5O7/c1-9-22(4)30(38(6)33(42)29(21(2)3)37-34(43)44)27(45-7)19-28(40)39-17-13-16-26(39)31(46-8)23(5)32(41)36-25(20-35)18-24-14-11-10-12-15-24/h10-12,14-15,21-23,25-27,29-31,37H,9,13,16-19H2,1-8H3,(H,36,41)(H,43,44)/t22-,23+,25-,26?,27+,29?,30-,31+/m0/s1. The molecule has 1 saturated heterocycles. The second-order valence-corrected chi connectivity index (χ2v) is 12.6. The van der Waals surface area contributed by atoms with Crippen LogP contribution < -0.4 is 10.6 Å². The van der Waals surface area contributed by atoms with E-state index >= 15 is 0 Å². The first kappa shape index (κ1) is 38.5. The molecule has 0 aromatic heterocycles. The molecule has 0 aliphatic carbocycles. The number of nitrogens with one attached hydrogen (secondary N) is 2. The highest BCUT2D eigenvalue weighted by atomic mass is 16.5. The fraction of sp³-hybridized carbons (Fsp3) is 0.676. The first-order valence-corrected chi connectivity index (χ1v) is 16.2. The predicted molar refractivity (Wildman–Crippen MR) is 174 cm³/mol. The molecule has 4 amide bonds. The molecule has 256 valence electrons. The second-order valence-electron chi connectivity index (χ2n) is 12.6.